The third-order valence-electron chi connectivity index (χ3n) is 2.34. The van der Waals surface area contributed by atoms with E-state index in [-0.39, 0.29) is 5.92 Å². The van der Waals surface area contributed by atoms with Gasteiger partial charge in [0.2, 0.25) is 0 Å². The van der Waals surface area contributed by atoms with Crippen LogP contribution in [-0.2, 0) is 0 Å². The quantitative estimate of drug-likeness (QED) is 0.736. The third kappa shape index (κ3) is 2.13. The highest BCUT2D eigenvalue weighted by atomic mass is 19.1. The minimum Gasteiger partial charge on any atom is -0.461 e. The van der Waals surface area contributed by atoms with Crippen molar-refractivity contribution in [1.29, 1.82) is 0 Å². The summed E-state index contributed by atoms with van der Waals surface area (Å²) in [6, 6.07) is 6.90. The molecule has 0 N–H and O–H groups in total. The first-order valence-electron chi connectivity index (χ1n) is 5.12. The van der Waals surface area contributed by atoms with Gasteiger partial charge in [-0.25, -0.2) is 8.78 Å². The standard InChI is InChI=1S/C13H12F2O/c1-8(2)12-3-4-13(16-12)9-5-10(14)7-11(15)6-9/h3-8H,1-2H3. The Morgan fingerprint density at radius 2 is 1.62 bits per heavy atom. The molecule has 1 heterocycles. The van der Waals surface area contributed by atoms with Crippen molar-refractivity contribution in [2.24, 2.45) is 0 Å². The molecule has 0 aliphatic carbocycles. The van der Waals surface area contributed by atoms with Crippen molar-refractivity contribution >= 4 is 0 Å². The largest absolute Gasteiger partial charge is 0.461 e. The van der Waals surface area contributed by atoms with Crippen molar-refractivity contribution in [1.82, 2.24) is 0 Å². The van der Waals surface area contributed by atoms with Gasteiger partial charge in [0, 0.05) is 17.5 Å². The van der Waals surface area contributed by atoms with Gasteiger partial charge >= 0.3 is 0 Å². The van der Waals surface area contributed by atoms with Gasteiger partial charge in [0.05, 0.1) is 0 Å². The predicted molar refractivity (Wildman–Crippen MR) is 58.1 cm³/mol. The molecule has 2 rings (SSSR count). The number of rotatable bonds is 2. The summed E-state index contributed by atoms with van der Waals surface area (Å²) < 4.78 is 31.5. The molecule has 0 aliphatic heterocycles. The predicted octanol–water partition coefficient (Wildman–Crippen LogP) is 4.35. The van der Waals surface area contributed by atoms with Crippen molar-refractivity contribution in [2.75, 3.05) is 0 Å². The molecule has 3 heteroatoms. The molecule has 1 aromatic heterocycles. The molecule has 0 fully saturated rings. The van der Waals surface area contributed by atoms with E-state index >= 15 is 0 Å². The van der Waals surface area contributed by atoms with Gasteiger partial charge in [-0.3, -0.25) is 0 Å². The molecular weight excluding hydrogens is 210 g/mol. The molecule has 1 nitrogen and oxygen atoms in total. The minimum absolute atomic E-state index is 0.257. The average Bonchev–Trinajstić information content (AvgIpc) is 2.64. The van der Waals surface area contributed by atoms with E-state index in [2.05, 4.69) is 0 Å². The lowest BCUT2D eigenvalue weighted by atomic mass is 10.1. The Labute approximate surface area is 92.7 Å². The van der Waals surface area contributed by atoms with Crippen LogP contribution in [0.15, 0.2) is 34.7 Å². The van der Waals surface area contributed by atoms with Crippen molar-refractivity contribution in [3.63, 3.8) is 0 Å². The molecule has 0 bridgehead atoms. The Kier molecular flexibility index (Phi) is 2.77. The third-order valence-corrected chi connectivity index (χ3v) is 2.34. The van der Waals surface area contributed by atoms with Crippen LogP contribution in [0.2, 0.25) is 0 Å². The zero-order chi connectivity index (χ0) is 11.7. The Morgan fingerprint density at radius 1 is 1.00 bits per heavy atom. The van der Waals surface area contributed by atoms with Gasteiger partial charge in [0.15, 0.2) is 0 Å². The fraction of sp³-hybridized carbons (Fsp3) is 0.231. The average molecular weight is 222 g/mol. The van der Waals surface area contributed by atoms with E-state index in [9.17, 15) is 8.78 Å². The van der Waals surface area contributed by atoms with E-state index in [1.807, 2.05) is 19.9 Å². The van der Waals surface area contributed by atoms with Crippen LogP contribution in [-0.4, -0.2) is 0 Å². The fourth-order valence-corrected chi connectivity index (χ4v) is 1.51. The first kappa shape index (κ1) is 10.9. The highest BCUT2D eigenvalue weighted by Crippen LogP contribution is 2.27. The SMILES string of the molecule is CC(C)c1ccc(-c2cc(F)cc(F)c2)o1. The monoisotopic (exact) mass is 222 g/mol. The second-order valence-corrected chi connectivity index (χ2v) is 4.01. The number of furan rings is 1. The second-order valence-electron chi connectivity index (χ2n) is 4.01. The molecule has 16 heavy (non-hydrogen) atoms. The number of halogens is 2. The lowest BCUT2D eigenvalue weighted by molar-refractivity contribution is 0.497. The first-order valence-corrected chi connectivity index (χ1v) is 5.12. The van der Waals surface area contributed by atoms with E-state index in [0.717, 1.165) is 11.8 Å². The highest BCUT2D eigenvalue weighted by molar-refractivity contribution is 5.57. The van der Waals surface area contributed by atoms with Gasteiger partial charge in [-0.1, -0.05) is 13.8 Å². The van der Waals surface area contributed by atoms with Crippen LogP contribution in [0.5, 0.6) is 0 Å². The summed E-state index contributed by atoms with van der Waals surface area (Å²) >= 11 is 0. The molecule has 0 saturated heterocycles. The van der Waals surface area contributed by atoms with Gasteiger partial charge in [-0.05, 0) is 24.3 Å². The molecule has 84 valence electrons. The van der Waals surface area contributed by atoms with Crippen LogP contribution in [0.25, 0.3) is 11.3 Å². The Bertz CT molecular complexity index is 480. The van der Waals surface area contributed by atoms with Crippen LogP contribution >= 0.6 is 0 Å². The Hall–Kier alpha value is -1.64. The molecular formula is C13H12F2O. The maximum Gasteiger partial charge on any atom is 0.134 e. The molecule has 0 aliphatic rings. The van der Waals surface area contributed by atoms with E-state index < -0.39 is 11.6 Å². The van der Waals surface area contributed by atoms with Crippen molar-refractivity contribution in [2.45, 2.75) is 19.8 Å². The smallest absolute Gasteiger partial charge is 0.134 e. The van der Waals surface area contributed by atoms with Crippen LogP contribution in [0.4, 0.5) is 8.78 Å². The molecule has 0 radical (unpaired) electrons. The summed E-state index contributed by atoms with van der Waals surface area (Å²) in [7, 11) is 0. The number of benzene rings is 1. The topological polar surface area (TPSA) is 13.1 Å². The minimum atomic E-state index is -0.600. The fourth-order valence-electron chi connectivity index (χ4n) is 1.51. The highest BCUT2D eigenvalue weighted by Gasteiger charge is 2.09. The van der Waals surface area contributed by atoms with E-state index in [4.69, 9.17) is 4.42 Å². The normalized spacial score (nSPS) is 11.1. The molecule has 0 unspecified atom stereocenters. The summed E-state index contributed by atoms with van der Waals surface area (Å²) in [6.07, 6.45) is 0. The van der Waals surface area contributed by atoms with E-state index in [0.29, 0.717) is 11.3 Å². The second kappa shape index (κ2) is 4.08. The van der Waals surface area contributed by atoms with E-state index in [1.165, 1.54) is 12.1 Å². The van der Waals surface area contributed by atoms with Gasteiger partial charge in [0.25, 0.3) is 0 Å². The van der Waals surface area contributed by atoms with Crippen molar-refractivity contribution in [3.05, 3.63) is 47.7 Å². The van der Waals surface area contributed by atoms with Gasteiger partial charge in [-0.2, -0.15) is 0 Å². The maximum atomic E-state index is 13.0. The van der Waals surface area contributed by atoms with Crippen molar-refractivity contribution in [3.8, 4) is 11.3 Å². The van der Waals surface area contributed by atoms with Crippen molar-refractivity contribution < 1.29 is 13.2 Å². The first-order chi connectivity index (χ1) is 7.56. The number of hydrogen-bond donors (Lipinski definition) is 0. The van der Waals surface area contributed by atoms with Crippen LogP contribution < -0.4 is 0 Å². The molecule has 2 aromatic rings. The van der Waals surface area contributed by atoms with Crippen LogP contribution in [0, 0.1) is 11.6 Å². The summed E-state index contributed by atoms with van der Waals surface area (Å²) in [5, 5.41) is 0. The van der Waals surface area contributed by atoms with Gasteiger partial charge in [-0.15, -0.1) is 0 Å². The summed E-state index contributed by atoms with van der Waals surface area (Å²) in [5.74, 6) is 0.351. The number of hydrogen-bond acceptors (Lipinski definition) is 1. The molecule has 0 amide bonds. The van der Waals surface area contributed by atoms with Crippen LogP contribution in [0.1, 0.15) is 25.5 Å². The summed E-state index contributed by atoms with van der Waals surface area (Å²) in [5.41, 5.74) is 0.421. The lowest BCUT2D eigenvalue weighted by Crippen LogP contribution is -1.83. The van der Waals surface area contributed by atoms with Gasteiger partial charge < -0.3 is 4.42 Å². The Balaban J connectivity index is 2.42. The molecule has 0 saturated carbocycles. The molecule has 0 spiro atoms. The van der Waals surface area contributed by atoms with Gasteiger partial charge in [0.1, 0.15) is 23.2 Å². The zero-order valence-corrected chi connectivity index (χ0v) is 9.13. The summed E-state index contributed by atoms with van der Waals surface area (Å²) in [6.45, 7) is 3.99. The Morgan fingerprint density at radius 3 is 2.12 bits per heavy atom. The van der Waals surface area contributed by atoms with Crippen LogP contribution in [0.3, 0.4) is 0 Å². The maximum absolute atomic E-state index is 13.0. The molecule has 1 aromatic carbocycles. The zero-order valence-electron chi connectivity index (χ0n) is 9.13. The summed E-state index contributed by atoms with van der Waals surface area (Å²) in [4.78, 5) is 0. The lowest BCUT2D eigenvalue weighted by Gasteiger charge is -2.00. The molecule has 0 atom stereocenters. The van der Waals surface area contributed by atoms with E-state index in [1.54, 1.807) is 6.07 Å².